The third-order valence-electron chi connectivity index (χ3n) is 4.66. The van der Waals surface area contributed by atoms with E-state index in [0.29, 0.717) is 18.5 Å². The van der Waals surface area contributed by atoms with E-state index in [2.05, 4.69) is 39.6 Å². The number of carbonyl (C=O) groups excluding carboxylic acids is 1. The smallest absolute Gasteiger partial charge is 0.236 e. The minimum absolute atomic E-state index is 0. The van der Waals surface area contributed by atoms with Crippen LogP contribution in [-0.4, -0.2) is 79.0 Å². The van der Waals surface area contributed by atoms with Gasteiger partial charge in [-0.15, -0.1) is 36.2 Å². The first-order valence-corrected chi connectivity index (χ1v) is 9.07. The van der Waals surface area contributed by atoms with E-state index in [4.69, 9.17) is 0 Å². The summed E-state index contributed by atoms with van der Waals surface area (Å²) < 4.78 is 0. The van der Waals surface area contributed by atoms with Gasteiger partial charge in [0.2, 0.25) is 5.91 Å². The van der Waals surface area contributed by atoms with Crippen molar-refractivity contribution in [2.24, 2.45) is 0 Å². The molecule has 2 saturated heterocycles. The van der Waals surface area contributed by atoms with Crippen molar-refractivity contribution in [3.05, 3.63) is 22.4 Å². The average molecular weight is 395 g/mol. The van der Waals surface area contributed by atoms with Gasteiger partial charge in [-0.1, -0.05) is 6.07 Å². The Morgan fingerprint density at radius 3 is 2.62 bits per heavy atom. The minimum atomic E-state index is 0. The topological polar surface area (TPSA) is 38.8 Å². The maximum atomic E-state index is 12.5. The minimum Gasteiger partial charge on any atom is -0.339 e. The molecule has 0 bridgehead atoms. The zero-order chi connectivity index (χ0) is 15.4. The van der Waals surface area contributed by atoms with Crippen LogP contribution in [0.15, 0.2) is 17.5 Å². The van der Waals surface area contributed by atoms with E-state index < -0.39 is 0 Å². The maximum absolute atomic E-state index is 12.5. The van der Waals surface area contributed by atoms with Gasteiger partial charge in [0.05, 0.1) is 6.54 Å². The molecule has 3 rings (SSSR count). The molecule has 1 amide bonds. The molecule has 2 aliphatic rings. The highest BCUT2D eigenvalue weighted by molar-refractivity contribution is 7.09. The van der Waals surface area contributed by atoms with Crippen LogP contribution in [-0.2, 0) is 11.3 Å². The van der Waals surface area contributed by atoms with Crippen LogP contribution in [0.25, 0.3) is 0 Å². The second-order valence-electron chi connectivity index (χ2n) is 6.26. The summed E-state index contributed by atoms with van der Waals surface area (Å²) in [5, 5.41) is 5.50. The van der Waals surface area contributed by atoms with Gasteiger partial charge in [0.15, 0.2) is 0 Å². The summed E-state index contributed by atoms with van der Waals surface area (Å²) in [6, 6.07) is 4.75. The molecule has 3 heterocycles. The number of hydrogen-bond acceptors (Lipinski definition) is 5. The standard InChI is InChI=1S/C16H26N4OS.2ClH/c1-14-11-17-4-5-20(14)13-16(21)19-8-6-18(7-9-19)12-15-3-2-10-22-15;;/h2-3,10,14,17H,4-9,11-13H2,1H3;2*1H/t14-;;/m1../s1. The Balaban J connectivity index is 0.00000144. The van der Waals surface area contributed by atoms with Gasteiger partial charge in [-0.2, -0.15) is 0 Å². The molecule has 0 aliphatic carbocycles. The van der Waals surface area contributed by atoms with Gasteiger partial charge < -0.3 is 10.2 Å². The molecule has 2 fully saturated rings. The molecule has 24 heavy (non-hydrogen) atoms. The highest BCUT2D eigenvalue weighted by Gasteiger charge is 2.25. The zero-order valence-electron chi connectivity index (χ0n) is 14.1. The molecule has 8 heteroatoms. The van der Waals surface area contributed by atoms with Gasteiger partial charge in [-0.3, -0.25) is 14.6 Å². The number of amides is 1. The predicted octanol–water partition coefficient (Wildman–Crippen LogP) is 1.53. The Morgan fingerprint density at radius 1 is 1.25 bits per heavy atom. The predicted molar refractivity (Wildman–Crippen MR) is 105 cm³/mol. The fourth-order valence-corrected chi connectivity index (χ4v) is 3.92. The highest BCUT2D eigenvalue weighted by Crippen LogP contribution is 2.14. The fraction of sp³-hybridized carbons (Fsp3) is 0.688. The van der Waals surface area contributed by atoms with Crippen LogP contribution in [0.4, 0.5) is 0 Å². The molecular weight excluding hydrogens is 367 g/mol. The molecular formula is C16H28Cl2N4OS. The molecule has 138 valence electrons. The van der Waals surface area contributed by atoms with Crippen molar-refractivity contribution in [1.82, 2.24) is 20.0 Å². The summed E-state index contributed by atoms with van der Waals surface area (Å²) in [5.41, 5.74) is 0. The maximum Gasteiger partial charge on any atom is 0.236 e. The Labute approximate surface area is 161 Å². The third kappa shape index (κ3) is 5.86. The second kappa shape index (κ2) is 10.6. The molecule has 1 aromatic heterocycles. The average Bonchev–Trinajstić information content (AvgIpc) is 3.03. The van der Waals surface area contributed by atoms with E-state index in [9.17, 15) is 4.79 Å². The van der Waals surface area contributed by atoms with Crippen LogP contribution in [0.5, 0.6) is 0 Å². The monoisotopic (exact) mass is 394 g/mol. The van der Waals surface area contributed by atoms with Gasteiger partial charge >= 0.3 is 0 Å². The van der Waals surface area contributed by atoms with Crippen LogP contribution in [0, 0.1) is 0 Å². The van der Waals surface area contributed by atoms with Gasteiger partial charge in [0.25, 0.3) is 0 Å². The molecule has 1 atom stereocenters. The summed E-state index contributed by atoms with van der Waals surface area (Å²) in [7, 11) is 0. The van der Waals surface area contributed by atoms with Crippen LogP contribution in [0.1, 0.15) is 11.8 Å². The Bertz CT molecular complexity index is 480. The van der Waals surface area contributed by atoms with Crippen LogP contribution >= 0.6 is 36.2 Å². The number of rotatable bonds is 4. The molecule has 1 aromatic rings. The van der Waals surface area contributed by atoms with Crippen molar-refractivity contribution in [2.45, 2.75) is 19.5 Å². The van der Waals surface area contributed by atoms with Crippen molar-refractivity contribution < 1.29 is 4.79 Å². The van der Waals surface area contributed by atoms with Crippen molar-refractivity contribution in [3.63, 3.8) is 0 Å². The zero-order valence-corrected chi connectivity index (χ0v) is 16.6. The number of carbonyl (C=O) groups is 1. The molecule has 5 nitrogen and oxygen atoms in total. The quantitative estimate of drug-likeness (QED) is 0.840. The van der Waals surface area contributed by atoms with Gasteiger partial charge in [-0.05, 0) is 18.4 Å². The molecule has 2 aliphatic heterocycles. The molecule has 1 N–H and O–H groups in total. The van der Waals surface area contributed by atoms with Crippen LogP contribution in [0.2, 0.25) is 0 Å². The SMILES string of the molecule is C[C@@H]1CNCCN1CC(=O)N1CCN(Cc2cccs2)CC1.Cl.Cl. The number of nitrogens with one attached hydrogen (secondary N) is 1. The lowest BCUT2D eigenvalue weighted by Gasteiger charge is -2.38. The highest BCUT2D eigenvalue weighted by atomic mass is 35.5. The summed E-state index contributed by atoms with van der Waals surface area (Å²) in [5.74, 6) is 0.296. The van der Waals surface area contributed by atoms with Crippen LogP contribution in [0.3, 0.4) is 0 Å². The lowest BCUT2D eigenvalue weighted by molar-refractivity contribution is -0.135. The van der Waals surface area contributed by atoms with Gasteiger partial charge in [-0.25, -0.2) is 0 Å². The van der Waals surface area contributed by atoms with Crippen molar-refractivity contribution in [1.29, 1.82) is 0 Å². The number of piperazine rings is 2. The van der Waals surface area contributed by atoms with E-state index >= 15 is 0 Å². The normalized spacial score (nSPS) is 22.5. The van der Waals surface area contributed by atoms with E-state index in [0.717, 1.165) is 52.4 Å². The third-order valence-corrected chi connectivity index (χ3v) is 5.52. The first-order valence-electron chi connectivity index (χ1n) is 8.19. The summed E-state index contributed by atoms with van der Waals surface area (Å²) >= 11 is 1.81. The Kier molecular flexibility index (Phi) is 9.56. The summed E-state index contributed by atoms with van der Waals surface area (Å²) in [4.78, 5) is 20.7. The first-order chi connectivity index (χ1) is 10.7. The number of thiophene rings is 1. The Hall–Kier alpha value is -0.370. The summed E-state index contributed by atoms with van der Waals surface area (Å²) in [6.07, 6.45) is 0. The Morgan fingerprint density at radius 2 is 2.00 bits per heavy atom. The van der Waals surface area contributed by atoms with E-state index in [1.807, 2.05) is 16.2 Å². The van der Waals surface area contributed by atoms with Gasteiger partial charge in [0, 0.05) is 63.3 Å². The van der Waals surface area contributed by atoms with Crippen molar-refractivity contribution >= 4 is 42.1 Å². The largest absolute Gasteiger partial charge is 0.339 e. The van der Waals surface area contributed by atoms with Crippen LogP contribution < -0.4 is 5.32 Å². The van der Waals surface area contributed by atoms with Crippen molar-refractivity contribution in [3.8, 4) is 0 Å². The molecule has 0 aromatic carbocycles. The first kappa shape index (κ1) is 21.7. The van der Waals surface area contributed by atoms with E-state index in [-0.39, 0.29) is 24.8 Å². The molecule has 0 spiro atoms. The second-order valence-corrected chi connectivity index (χ2v) is 7.29. The summed E-state index contributed by atoms with van der Waals surface area (Å²) in [6.45, 7) is 10.5. The molecule has 0 saturated carbocycles. The van der Waals surface area contributed by atoms with Gasteiger partial charge in [0.1, 0.15) is 0 Å². The number of halogens is 2. The lowest BCUT2D eigenvalue weighted by Crippen LogP contribution is -2.55. The van der Waals surface area contributed by atoms with Crippen molar-refractivity contribution in [2.75, 3.05) is 52.4 Å². The fourth-order valence-electron chi connectivity index (χ4n) is 3.17. The lowest BCUT2D eigenvalue weighted by atomic mass is 10.2. The van der Waals surface area contributed by atoms with E-state index in [1.165, 1.54) is 4.88 Å². The van der Waals surface area contributed by atoms with E-state index in [1.54, 1.807) is 0 Å². The number of hydrogen-bond donors (Lipinski definition) is 1. The molecule has 0 radical (unpaired) electrons. The number of nitrogens with zero attached hydrogens (tertiary/aromatic N) is 3. The molecule has 0 unspecified atom stereocenters.